The molecule has 1 aromatic rings. The van der Waals surface area contributed by atoms with E-state index in [0.717, 1.165) is 50.6 Å². The minimum atomic E-state index is -0.892. The van der Waals surface area contributed by atoms with Crippen molar-refractivity contribution in [2.45, 2.75) is 70.4 Å². The number of likely N-dealkylation sites (tertiary alicyclic amines) is 1. The number of amides is 2. The van der Waals surface area contributed by atoms with Crippen LogP contribution in [0.1, 0.15) is 56.6 Å². The van der Waals surface area contributed by atoms with E-state index in [1.165, 1.54) is 11.1 Å². The standard InChI is InChI=1S/C22H28N2O4/c1-14(21(26)23-18-10-9-15-5-4-6-16(15)11-18)28-22(27)17-12-20(25)24(13-17)19-7-2-3-8-19/h9-11,14,17,19H,2-8,12-13H2,1H3,(H,23,26)/t14-,17-/m0/s1. The van der Waals surface area contributed by atoms with Crippen LogP contribution in [0.25, 0.3) is 0 Å². The summed E-state index contributed by atoms with van der Waals surface area (Å²) < 4.78 is 5.39. The van der Waals surface area contributed by atoms with Crippen LogP contribution in [-0.4, -0.2) is 41.4 Å². The number of hydrogen-bond acceptors (Lipinski definition) is 4. The van der Waals surface area contributed by atoms with Gasteiger partial charge in [0.05, 0.1) is 5.92 Å². The predicted octanol–water partition coefficient (Wildman–Crippen LogP) is 2.84. The Bertz CT molecular complexity index is 785. The van der Waals surface area contributed by atoms with Gasteiger partial charge in [-0.15, -0.1) is 0 Å². The van der Waals surface area contributed by atoms with Gasteiger partial charge in [0, 0.05) is 24.7 Å². The molecule has 1 aliphatic heterocycles. The molecule has 0 spiro atoms. The topological polar surface area (TPSA) is 75.7 Å². The first-order valence-corrected chi connectivity index (χ1v) is 10.4. The van der Waals surface area contributed by atoms with Gasteiger partial charge in [0.2, 0.25) is 5.91 Å². The molecule has 2 amide bonds. The number of carbonyl (C=O) groups excluding carboxylic acids is 3. The number of fused-ring (bicyclic) bond motifs is 1. The first-order chi connectivity index (χ1) is 13.5. The van der Waals surface area contributed by atoms with Gasteiger partial charge in [0.15, 0.2) is 6.10 Å². The molecule has 1 aromatic carbocycles. The number of nitrogens with one attached hydrogen (secondary N) is 1. The molecule has 6 nitrogen and oxygen atoms in total. The summed E-state index contributed by atoms with van der Waals surface area (Å²) >= 11 is 0. The maximum Gasteiger partial charge on any atom is 0.312 e. The van der Waals surface area contributed by atoms with Crippen molar-refractivity contribution in [1.29, 1.82) is 0 Å². The Morgan fingerprint density at radius 3 is 2.68 bits per heavy atom. The molecule has 1 N–H and O–H groups in total. The third kappa shape index (κ3) is 3.91. The lowest BCUT2D eigenvalue weighted by Crippen LogP contribution is -2.36. The molecule has 4 rings (SSSR count). The second kappa shape index (κ2) is 7.94. The summed E-state index contributed by atoms with van der Waals surface area (Å²) in [6, 6.07) is 6.22. The first kappa shape index (κ1) is 19.0. The van der Waals surface area contributed by atoms with Crippen molar-refractivity contribution in [2.75, 3.05) is 11.9 Å². The molecule has 1 saturated carbocycles. The summed E-state index contributed by atoms with van der Waals surface area (Å²) in [6.07, 6.45) is 6.91. The molecular weight excluding hydrogens is 356 g/mol. The van der Waals surface area contributed by atoms with Crippen LogP contribution in [0.4, 0.5) is 5.69 Å². The van der Waals surface area contributed by atoms with Gasteiger partial charge in [-0.1, -0.05) is 18.9 Å². The highest BCUT2D eigenvalue weighted by molar-refractivity contribution is 5.96. The van der Waals surface area contributed by atoms with Crippen LogP contribution in [0.2, 0.25) is 0 Å². The van der Waals surface area contributed by atoms with Crippen molar-refractivity contribution in [3.8, 4) is 0 Å². The zero-order valence-electron chi connectivity index (χ0n) is 16.4. The average Bonchev–Trinajstić information content (AvgIpc) is 3.41. The lowest BCUT2D eigenvalue weighted by atomic mass is 10.1. The number of nitrogens with zero attached hydrogens (tertiary/aromatic N) is 1. The molecule has 1 saturated heterocycles. The van der Waals surface area contributed by atoms with Gasteiger partial charge in [-0.2, -0.15) is 0 Å². The molecule has 28 heavy (non-hydrogen) atoms. The van der Waals surface area contributed by atoms with E-state index in [4.69, 9.17) is 4.74 Å². The minimum Gasteiger partial charge on any atom is -0.452 e. The van der Waals surface area contributed by atoms with Gasteiger partial charge in [-0.3, -0.25) is 14.4 Å². The summed E-state index contributed by atoms with van der Waals surface area (Å²) in [5.41, 5.74) is 3.35. The lowest BCUT2D eigenvalue weighted by molar-refractivity contribution is -0.157. The van der Waals surface area contributed by atoms with E-state index in [1.54, 1.807) is 6.92 Å². The van der Waals surface area contributed by atoms with Crippen molar-refractivity contribution < 1.29 is 19.1 Å². The molecule has 150 valence electrons. The Kier molecular flexibility index (Phi) is 5.38. The summed E-state index contributed by atoms with van der Waals surface area (Å²) in [6.45, 7) is 1.99. The van der Waals surface area contributed by atoms with Crippen LogP contribution in [0, 0.1) is 5.92 Å². The van der Waals surface area contributed by atoms with E-state index >= 15 is 0 Å². The summed E-state index contributed by atoms with van der Waals surface area (Å²) in [5, 5.41) is 2.84. The second-order valence-corrected chi connectivity index (χ2v) is 8.29. The predicted molar refractivity (Wildman–Crippen MR) is 105 cm³/mol. The quantitative estimate of drug-likeness (QED) is 0.792. The molecular formula is C22H28N2O4. The number of carbonyl (C=O) groups is 3. The van der Waals surface area contributed by atoms with Gasteiger partial charge in [-0.25, -0.2) is 0 Å². The molecule has 2 atom stereocenters. The van der Waals surface area contributed by atoms with E-state index in [9.17, 15) is 14.4 Å². The van der Waals surface area contributed by atoms with Crippen LogP contribution in [0.3, 0.4) is 0 Å². The Balaban J connectivity index is 1.30. The zero-order valence-corrected chi connectivity index (χ0v) is 16.4. The molecule has 0 aromatic heterocycles. The number of aryl methyl sites for hydroxylation is 2. The fourth-order valence-electron chi connectivity index (χ4n) is 4.68. The van der Waals surface area contributed by atoms with E-state index in [1.807, 2.05) is 17.0 Å². The molecule has 0 bridgehead atoms. The Hall–Kier alpha value is -2.37. The number of hydrogen-bond donors (Lipinski definition) is 1. The smallest absolute Gasteiger partial charge is 0.312 e. The average molecular weight is 384 g/mol. The van der Waals surface area contributed by atoms with E-state index < -0.39 is 18.0 Å². The number of benzene rings is 1. The Morgan fingerprint density at radius 2 is 1.89 bits per heavy atom. The van der Waals surface area contributed by atoms with Crippen molar-refractivity contribution in [3.63, 3.8) is 0 Å². The van der Waals surface area contributed by atoms with Crippen LogP contribution < -0.4 is 5.32 Å². The Morgan fingerprint density at radius 1 is 1.14 bits per heavy atom. The summed E-state index contributed by atoms with van der Waals surface area (Å²) in [4.78, 5) is 39.0. The Labute approximate surface area is 165 Å². The molecule has 1 heterocycles. The van der Waals surface area contributed by atoms with Crippen molar-refractivity contribution in [3.05, 3.63) is 29.3 Å². The molecule has 0 unspecified atom stereocenters. The minimum absolute atomic E-state index is 0.0316. The third-order valence-electron chi connectivity index (χ3n) is 6.29. The summed E-state index contributed by atoms with van der Waals surface area (Å²) in [5.74, 6) is -1.24. The van der Waals surface area contributed by atoms with Gasteiger partial charge in [0.25, 0.3) is 5.91 Å². The molecule has 6 heteroatoms. The SMILES string of the molecule is C[C@H](OC(=O)[C@H]1CC(=O)N(C2CCCC2)C1)C(=O)Nc1ccc2c(c1)CCC2. The van der Waals surface area contributed by atoms with E-state index in [-0.39, 0.29) is 24.3 Å². The van der Waals surface area contributed by atoms with Gasteiger partial charge < -0.3 is 15.0 Å². The van der Waals surface area contributed by atoms with Gasteiger partial charge in [-0.05, 0) is 62.3 Å². The van der Waals surface area contributed by atoms with Crippen molar-refractivity contribution in [1.82, 2.24) is 4.90 Å². The maximum atomic E-state index is 12.5. The normalized spacial score (nSPS) is 23.0. The number of rotatable bonds is 5. The molecule has 2 fully saturated rings. The molecule has 2 aliphatic carbocycles. The number of anilines is 1. The maximum absolute atomic E-state index is 12.5. The van der Waals surface area contributed by atoms with E-state index in [0.29, 0.717) is 6.54 Å². The monoisotopic (exact) mass is 384 g/mol. The van der Waals surface area contributed by atoms with Crippen LogP contribution in [0.15, 0.2) is 18.2 Å². The highest BCUT2D eigenvalue weighted by Crippen LogP contribution is 2.30. The first-order valence-electron chi connectivity index (χ1n) is 10.4. The van der Waals surface area contributed by atoms with Gasteiger partial charge in [0.1, 0.15) is 0 Å². The zero-order chi connectivity index (χ0) is 19.7. The van der Waals surface area contributed by atoms with Crippen LogP contribution >= 0.6 is 0 Å². The number of ether oxygens (including phenoxy) is 1. The highest BCUT2D eigenvalue weighted by Gasteiger charge is 2.40. The van der Waals surface area contributed by atoms with Crippen molar-refractivity contribution in [2.24, 2.45) is 5.92 Å². The largest absolute Gasteiger partial charge is 0.452 e. The third-order valence-corrected chi connectivity index (χ3v) is 6.29. The lowest BCUT2D eigenvalue weighted by Gasteiger charge is -2.24. The van der Waals surface area contributed by atoms with Crippen LogP contribution in [-0.2, 0) is 32.0 Å². The highest BCUT2D eigenvalue weighted by atomic mass is 16.5. The van der Waals surface area contributed by atoms with E-state index in [2.05, 4.69) is 11.4 Å². The second-order valence-electron chi connectivity index (χ2n) is 8.29. The summed E-state index contributed by atoms with van der Waals surface area (Å²) in [7, 11) is 0. The number of esters is 1. The van der Waals surface area contributed by atoms with Crippen LogP contribution in [0.5, 0.6) is 0 Å². The molecule has 0 radical (unpaired) electrons. The van der Waals surface area contributed by atoms with Gasteiger partial charge >= 0.3 is 5.97 Å². The fraction of sp³-hybridized carbons (Fsp3) is 0.591. The van der Waals surface area contributed by atoms with Crippen molar-refractivity contribution >= 4 is 23.5 Å². The fourth-order valence-corrected chi connectivity index (χ4v) is 4.68. The molecule has 3 aliphatic rings.